The molecule has 4 fully saturated rings. The van der Waals surface area contributed by atoms with Gasteiger partial charge in [-0.15, -0.1) is 0 Å². The maximum atomic E-state index is 6.31. The van der Waals surface area contributed by atoms with Crippen LogP contribution in [0, 0.1) is 0 Å². The molecule has 0 N–H and O–H groups in total. The monoisotopic (exact) mass is 394 g/mol. The third-order valence-electron chi connectivity index (χ3n) is 5.34. The first kappa shape index (κ1) is 18.9. The standard InChI is InChI=1S/C20H26O8/c1-21-20-18(25-10-14-8-23-14)17(24-9-13-7-22-13)16-15(27-20)11-26-19(28-16)12-5-3-2-4-6-12/h2-6,13-20H,7-11H2,1H3/t13?,14?,15-,16-,17+,18-,19?,20+/m1/s1. The Hall–Kier alpha value is -1.10. The Morgan fingerprint density at radius 1 is 0.857 bits per heavy atom. The van der Waals surface area contributed by atoms with Crippen LogP contribution >= 0.6 is 0 Å². The zero-order chi connectivity index (χ0) is 18.9. The second-order valence-corrected chi connectivity index (χ2v) is 7.46. The van der Waals surface area contributed by atoms with Gasteiger partial charge in [0.15, 0.2) is 12.6 Å². The van der Waals surface area contributed by atoms with Crippen LogP contribution in [0.5, 0.6) is 0 Å². The van der Waals surface area contributed by atoms with Crippen molar-refractivity contribution in [3.05, 3.63) is 35.9 Å². The Morgan fingerprint density at radius 2 is 1.54 bits per heavy atom. The van der Waals surface area contributed by atoms with Crippen LogP contribution < -0.4 is 0 Å². The van der Waals surface area contributed by atoms with Crippen molar-refractivity contribution >= 4 is 0 Å². The molecule has 4 aliphatic rings. The predicted octanol–water partition coefficient (Wildman–Crippen LogP) is 1.04. The lowest BCUT2D eigenvalue weighted by Crippen LogP contribution is -2.63. The number of rotatable bonds is 8. The molecule has 1 aromatic rings. The molecule has 3 unspecified atom stereocenters. The van der Waals surface area contributed by atoms with E-state index in [2.05, 4.69) is 0 Å². The summed E-state index contributed by atoms with van der Waals surface area (Å²) in [5, 5.41) is 0. The van der Waals surface area contributed by atoms with E-state index >= 15 is 0 Å². The molecular formula is C20H26O8. The van der Waals surface area contributed by atoms with Crippen molar-refractivity contribution in [2.45, 2.75) is 49.2 Å². The van der Waals surface area contributed by atoms with Crippen molar-refractivity contribution in [2.24, 2.45) is 0 Å². The van der Waals surface area contributed by atoms with E-state index in [9.17, 15) is 0 Å². The van der Waals surface area contributed by atoms with E-state index < -0.39 is 18.7 Å². The average Bonchev–Trinajstić information content (AvgIpc) is 3.65. The van der Waals surface area contributed by atoms with Crippen molar-refractivity contribution in [3.63, 3.8) is 0 Å². The lowest BCUT2D eigenvalue weighted by molar-refractivity contribution is -0.367. The fourth-order valence-corrected chi connectivity index (χ4v) is 3.65. The van der Waals surface area contributed by atoms with Crippen LogP contribution in [-0.4, -0.2) is 83.1 Å². The SMILES string of the molecule is CO[C@H]1O[C@@H]2COC(c3ccccc3)O[C@H]2[C@H](OCC2CO2)[C@H]1OCC1CO1. The third-order valence-corrected chi connectivity index (χ3v) is 5.34. The maximum Gasteiger partial charge on any atom is 0.186 e. The molecule has 0 radical (unpaired) electrons. The average molecular weight is 394 g/mol. The summed E-state index contributed by atoms with van der Waals surface area (Å²) in [5.74, 6) is 0. The molecule has 0 aromatic heterocycles. The van der Waals surface area contributed by atoms with Gasteiger partial charge in [0.25, 0.3) is 0 Å². The van der Waals surface area contributed by atoms with Gasteiger partial charge in [0.1, 0.15) is 36.6 Å². The number of fused-ring (bicyclic) bond motifs is 1. The molecule has 4 aliphatic heterocycles. The highest BCUT2D eigenvalue weighted by Gasteiger charge is 2.52. The lowest BCUT2D eigenvalue weighted by atomic mass is 9.97. The summed E-state index contributed by atoms with van der Waals surface area (Å²) in [4.78, 5) is 0. The number of hydrogen-bond acceptors (Lipinski definition) is 8. The highest BCUT2D eigenvalue weighted by molar-refractivity contribution is 5.16. The van der Waals surface area contributed by atoms with Crippen LogP contribution in [0.15, 0.2) is 30.3 Å². The van der Waals surface area contributed by atoms with Crippen molar-refractivity contribution in [3.8, 4) is 0 Å². The summed E-state index contributed by atoms with van der Waals surface area (Å²) in [5.41, 5.74) is 0.961. The van der Waals surface area contributed by atoms with Gasteiger partial charge in [-0.1, -0.05) is 30.3 Å². The molecule has 1 aromatic carbocycles. The molecule has 0 saturated carbocycles. The molecule has 0 aliphatic carbocycles. The van der Waals surface area contributed by atoms with E-state index in [-0.39, 0.29) is 30.5 Å². The van der Waals surface area contributed by atoms with Crippen LogP contribution in [0.25, 0.3) is 0 Å². The fourth-order valence-electron chi connectivity index (χ4n) is 3.65. The molecule has 154 valence electrons. The summed E-state index contributed by atoms with van der Waals surface area (Å²) in [6.07, 6.45) is -2.19. The molecule has 4 saturated heterocycles. The molecule has 0 bridgehead atoms. The van der Waals surface area contributed by atoms with Crippen molar-refractivity contribution in [2.75, 3.05) is 40.1 Å². The molecule has 8 heteroatoms. The summed E-state index contributed by atoms with van der Waals surface area (Å²) in [6.45, 7) is 2.80. The zero-order valence-corrected chi connectivity index (χ0v) is 15.8. The number of epoxide rings is 2. The number of ether oxygens (including phenoxy) is 8. The zero-order valence-electron chi connectivity index (χ0n) is 15.8. The van der Waals surface area contributed by atoms with Crippen LogP contribution in [0.3, 0.4) is 0 Å². The van der Waals surface area contributed by atoms with E-state index in [4.69, 9.17) is 37.9 Å². The van der Waals surface area contributed by atoms with Gasteiger partial charge >= 0.3 is 0 Å². The number of hydrogen-bond donors (Lipinski definition) is 0. The minimum Gasteiger partial charge on any atom is -0.371 e. The van der Waals surface area contributed by atoms with E-state index in [0.29, 0.717) is 19.8 Å². The molecule has 0 spiro atoms. The van der Waals surface area contributed by atoms with Crippen molar-refractivity contribution in [1.29, 1.82) is 0 Å². The molecule has 28 heavy (non-hydrogen) atoms. The minimum absolute atomic E-state index is 0.135. The largest absolute Gasteiger partial charge is 0.371 e. The lowest BCUT2D eigenvalue weighted by Gasteiger charge is -2.48. The van der Waals surface area contributed by atoms with Gasteiger partial charge < -0.3 is 37.9 Å². The van der Waals surface area contributed by atoms with E-state index in [1.54, 1.807) is 7.11 Å². The van der Waals surface area contributed by atoms with Crippen molar-refractivity contribution in [1.82, 2.24) is 0 Å². The first-order chi connectivity index (χ1) is 13.8. The molecular weight excluding hydrogens is 368 g/mol. The Morgan fingerprint density at radius 3 is 2.18 bits per heavy atom. The van der Waals surface area contributed by atoms with Gasteiger partial charge in [-0.05, 0) is 0 Å². The van der Waals surface area contributed by atoms with Gasteiger partial charge in [-0.2, -0.15) is 0 Å². The highest BCUT2D eigenvalue weighted by atomic mass is 16.8. The smallest absolute Gasteiger partial charge is 0.186 e. The second-order valence-electron chi connectivity index (χ2n) is 7.46. The molecule has 0 amide bonds. The van der Waals surface area contributed by atoms with Crippen LogP contribution in [0.1, 0.15) is 11.9 Å². The third kappa shape index (κ3) is 4.24. The van der Waals surface area contributed by atoms with E-state index in [1.807, 2.05) is 30.3 Å². The summed E-state index contributed by atoms with van der Waals surface area (Å²) < 4.78 is 46.8. The quantitative estimate of drug-likeness (QED) is 0.605. The Labute approximate surface area is 163 Å². The number of methoxy groups -OCH3 is 1. The van der Waals surface area contributed by atoms with Gasteiger partial charge in [0.05, 0.1) is 33.0 Å². The maximum absolute atomic E-state index is 6.31. The predicted molar refractivity (Wildman–Crippen MR) is 94.6 cm³/mol. The van der Waals surface area contributed by atoms with Gasteiger partial charge in [0, 0.05) is 12.7 Å². The highest BCUT2D eigenvalue weighted by Crippen LogP contribution is 2.37. The van der Waals surface area contributed by atoms with Crippen molar-refractivity contribution < 1.29 is 37.9 Å². The van der Waals surface area contributed by atoms with Gasteiger partial charge in [-0.25, -0.2) is 0 Å². The Bertz CT molecular complexity index is 634. The molecule has 8 atom stereocenters. The van der Waals surface area contributed by atoms with E-state index in [0.717, 1.165) is 18.8 Å². The van der Waals surface area contributed by atoms with Crippen LogP contribution in [0.2, 0.25) is 0 Å². The van der Waals surface area contributed by atoms with Crippen LogP contribution in [0.4, 0.5) is 0 Å². The molecule has 4 heterocycles. The normalized spacial score (nSPS) is 42.0. The number of benzene rings is 1. The second kappa shape index (κ2) is 8.33. The fraction of sp³-hybridized carbons (Fsp3) is 0.700. The van der Waals surface area contributed by atoms with Gasteiger partial charge in [0.2, 0.25) is 0 Å². The summed E-state index contributed by atoms with van der Waals surface area (Å²) in [7, 11) is 1.60. The van der Waals surface area contributed by atoms with E-state index in [1.165, 1.54) is 0 Å². The molecule has 8 nitrogen and oxygen atoms in total. The Kier molecular flexibility index (Phi) is 5.62. The Balaban J connectivity index is 1.34. The first-order valence-corrected chi connectivity index (χ1v) is 9.78. The first-order valence-electron chi connectivity index (χ1n) is 9.78. The summed E-state index contributed by atoms with van der Waals surface area (Å²) in [6, 6.07) is 9.87. The summed E-state index contributed by atoms with van der Waals surface area (Å²) >= 11 is 0. The molecule has 5 rings (SSSR count). The topological polar surface area (TPSA) is 80.4 Å². The van der Waals surface area contributed by atoms with Gasteiger partial charge in [-0.3, -0.25) is 0 Å². The van der Waals surface area contributed by atoms with Crippen LogP contribution in [-0.2, 0) is 37.9 Å². The minimum atomic E-state index is -0.564.